The van der Waals surface area contributed by atoms with Crippen LogP contribution in [0.1, 0.15) is 335 Å². The van der Waals surface area contributed by atoms with Gasteiger partial charge in [-0.3, -0.25) is 0 Å². The number of hydrogen-bond acceptors (Lipinski definition) is 3. The van der Waals surface area contributed by atoms with Crippen molar-refractivity contribution in [3.63, 3.8) is 0 Å². The van der Waals surface area contributed by atoms with E-state index in [2.05, 4.69) is 26.8 Å². The molecule has 0 radical (unpaired) electrons. The Morgan fingerprint density at radius 1 is 0.258 bits per heavy atom. The molecule has 0 amide bonds. The van der Waals surface area contributed by atoms with Crippen molar-refractivity contribution < 1.29 is 14.2 Å². The molecular formula is C59H114O3. The molecule has 0 aromatic heterocycles. The average Bonchev–Trinajstić information content (AvgIpc) is 3.67. The first-order valence-corrected chi connectivity index (χ1v) is 29.2. The van der Waals surface area contributed by atoms with E-state index >= 15 is 0 Å². The molecule has 0 aromatic rings. The molecule has 0 fully saturated rings. The highest BCUT2D eigenvalue weighted by atomic mass is 16.5. The molecule has 1 aliphatic carbocycles. The second-order valence-corrected chi connectivity index (χ2v) is 20.0. The first-order valence-electron chi connectivity index (χ1n) is 29.2. The minimum Gasteiger partial charge on any atom is -0.494 e. The Morgan fingerprint density at radius 2 is 0.468 bits per heavy atom. The quantitative estimate of drug-likeness (QED) is 0.0570. The van der Waals surface area contributed by atoms with Crippen molar-refractivity contribution in [2.75, 3.05) is 19.8 Å². The van der Waals surface area contributed by atoms with Crippen LogP contribution in [-0.4, -0.2) is 19.8 Å². The summed E-state index contributed by atoms with van der Waals surface area (Å²) in [7, 11) is 0. The molecule has 0 aliphatic heterocycles. The fraction of sp³-hybridized carbons (Fsp3) is 0.932. The summed E-state index contributed by atoms with van der Waals surface area (Å²) in [5, 5.41) is 0. The predicted molar refractivity (Wildman–Crippen MR) is 276 cm³/mol. The Labute approximate surface area is 391 Å². The van der Waals surface area contributed by atoms with E-state index in [0.717, 1.165) is 62.8 Å². The zero-order chi connectivity index (χ0) is 44.3. The molecule has 0 atom stereocenters. The van der Waals surface area contributed by atoms with Gasteiger partial charge in [0.15, 0.2) is 11.5 Å². The smallest absolute Gasteiger partial charge is 0.199 e. The summed E-state index contributed by atoms with van der Waals surface area (Å²) in [6.45, 7) is 9.30. The molecule has 0 heterocycles. The molecule has 62 heavy (non-hydrogen) atoms. The normalized spacial score (nSPS) is 12.8. The minimum atomic E-state index is 0.777. The Kier molecular flexibility index (Phi) is 48.3. The highest BCUT2D eigenvalue weighted by molar-refractivity contribution is 5.32. The van der Waals surface area contributed by atoms with Gasteiger partial charge in [-0.05, 0) is 25.3 Å². The molecule has 3 nitrogen and oxygen atoms in total. The predicted octanol–water partition coefficient (Wildman–Crippen LogP) is 21.3. The van der Waals surface area contributed by atoms with E-state index in [-0.39, 0.29) is 0 Å². The highest BCUT2D eigenvalue weighted by Crippen LogP contribution is 2.30. The van der Waals surface area contributed by atoms with E-state index in [9.17, 15) is 0 Å². The van der Waals surface area contributed by atoms with Crippen LogP contribution in [0.3, 0.4) is 0 Å². The first-order chi connectivity index (χ1) is 30.8. The molecule has 0 unspecified atom stereocenters. The topological polar surface area (TPSA) is 27.7 Å². The molecule has 0 N–H and O–H groups in total. The zero-order valence-electron chi connectivity index (χ0n) is 43.1. The number of rotatable bonds is 54. The summed E-state index contributed by atoms with van der Waals surface area (Å²) < 4.78 is 19.3. The van der Waals surface area contributed by atoms with E-state index < -0.39 is 0 Å². The fourth-order valence-electron chi connectivity index (χ4n) is 9.41. The second-order valence-electron chi connectivity index (χ2n) is 20.0. The number of ether oxygens (including phenoxy) is 3. The van der Waals surface area contributed by atoms with Crippen molar-refractivity contribution in [1.29, 1.82) is 0 Å². The fourth-order valence-corrected chi connectivity index (χ4v) is 9.41. The standard InChI is InChI=1S/C59H114O3/c1-4-7-10-13-16-19-22-25-28-31-34-37-40-43-46-49-54-60-57-52-53-58(61-55-50-47-44-41-38-35-32-29-26-23-20-17-14-11-8-5-2)59(57)62-56-51-48-45-42-39-36-33-30-27-24-21-18-15-12-9-6-3/h52H,4-51,53-56H2,1-3H3. The Morgan fingerprint density at radius 3 is 0.726 bits per heavy atom. The maximum atomic E-state index is 6.48. The van der Waals surface area contributed by atoms with Gasteiger partial charge in [-0.2, -0.15) is 0 Å². The van der Waals surface area contributed by atoms with E-state index in [1.165, 1.54) is 289 Å². The maximum absolute atomic E-state index is 6.48. The second kappa shape index (κ2) is 50.9. The van der Waals surface area contributed by atoms with Gasteiger partial charge in [-0.15, -0.1) is 0 Å². The van der Waals surface area contributed by atoms with Crippen LogP contribution < -0.4 is 0 Å². The summed E-state index contributed by atoms with van der Waals surface area (Å²) in [6.07, 6.45) is 70.1. The molecule has 0 saturated carbocycles. The summed E-state index contributed by atoms with van der Waals surface area (Å²) in [5.41, 5.74) is 0. The van der Waals surface area contributed by atoms with Gasteiger partial charge in [0, 0.05) is 6.42 Å². The summed E-state index contributed by atoms with van der Waals surface area (Å²) >= 11 is 0. The van der Waals surface area contributed by atoms with Crippen molar-refractivity contribution >= 4 is 0 Å². The third-order valence-electron chi connectivity index (χ3n) is 13.7. The molecule has 0 spiro atoms. The molecule has 0 aromatic carbocycles. The van der Waals surface area contributed by atoms with Crippen LogP contribution in [0.15, 0.2) is 23.4 Å². The van der Waals surface area contributed by atoms with Crippen molar-refractivity contribution in [2.45, 2.75) is 335 Å². The van der Waals surface area contributed by atoms with Gasteiger partial charge in [-0.1, -0.05) is 310 Å². The zero-order valence-corrected chi connectivity index (χ0v) is 43.1. The van der Waals surface area contributed by atoms with Crippen molar-refractivity contribution in [1.82, 2.24) is 0 Å². The first kappa shape index (κ1) is 58.9. The number of allylic oxidation sites excluding steroid dienone is 1. The lowest BCUT2D eigenvalue weighted by atomic mass is 10.0. The van der Waals surface area contributed by atoms with Crippen molar-refractivity contribution in [3.05, 3.63) is 23.4 Å². The van der Waals surface area contributed by atoms with Crippen molar-refractivity contribution in [2.24, 2.45) is 0 Å². The van der Waals surface area contributed by atoms with Crippen LogP contribution in [0.4, 0.5) is 0 Å². The largest absolute Gasteiger partial charge is 0.494 e. The van der Waals surface area contributed by atoms with Gasteiger partial charge in [0.2, 0.25) is 0 Å². The number of unbranched alkanes of at least 4 members (excludes halogenated alkanes) is 45. The third kappa shape index (κ3) is 41.6. The highest BCUT2D eigenvalue weighted by Gasteiger charge is 2.22. The Bertz CT molecular complexity index is 922. The van der Waals surface area contributed by atoms with Crippen LogP contribution in [0.25, 0.3) is 0 Å². The van der Waals surface area contributed by atoms with Crippen LogP contribution >= 0.6 is 0 Å². The Hall–Kier alpha value is -1.12. The molecular weight excluding hydrogens is 757 g/mol. The minimum absolute atomic E-state index is 0.777. The van der Waals surface area contributed by atoms with Gasteiger partial charge in [-0.25, -0.2) is 0 Å². The SMILES string of the molecule is CCCCCCCCCCCCCCCCCCOC1=CCC(OCCCCCCCCCCCCCCCCCC)=C1OCCCCCCCCCCCCCCCCCC. The molecule has 0 bridgehead atoms. The number of hydrogen-bond donors (Lipinski definition) is 0. The molecule has 1 aliphatic rings. The van der Waals surface area contributed by atoms with Crippen LogP contribution in [0.2, 0.25) is 0 Å². The molecule has 1 rings (SSSR count). The summed E-state index contributed by atoms with van der Waals surface area (Å²) in [5.74, 6) is 2.88. The van der Waals surface area contributed by atoms with Gasteiger partial charge >= 0.3 is 0 Å². The van der Waals surface area contributed by atoms with E-state index in [1.807, 2.05) is 0 Å². The van der Waals surface area contributed by atoms with E-state index in [1.54, 1.807) is 0 Å². The van der Waals surface area contributed by atoms with Gasteiger partial charge < -0.3 is 14.2 Å². The Balaban J connectivity index is 2.22. The summed E-state index contributed by atoms with van der Waals surface area (Å²) in [6, 6.07) is 0. The lowest BCUT2D eigenvalue weighted by Crippen LogP contribution is -2.05. The van der Waals surface area contributed by atoms with Crippen LogP contribution in [0, 0.1) is 0 Å². The third-order valence-corrected chi connectivity index (χ3v) is 13.7. The molecule has 368 valence electrons. The maximum Gasteiger partial charge on any atom is 0.199 e. The monoisotopic (exact) mass is 871 g/mol. The van der Waals surface area contributed by atoms with E-state index in [0.29, 0.717) is 0 Å². The average molecular weight is 872 g/mol. The lowest BCUT2D eigenvalue weighted by Gasteiger charge is -2.15. The van der Waals surface area contributed by atoms with Crippen LogP contribution in [-0.2, 0) is 14.2 Å². The van der Waals surface area contributed by atoms with Gasteiger partial charge in [0.05, 0.1) is 19.8 Å². The van der Waals surface area contributed by atoms with Gasteiger partial charge in [0.25, 0.3) is 0 Å². The molecule has 3 heteroatoms. The van der Waals surface area contributed by atoms with Gasteiger partial charge in [0.1, 0.15) is 5.76 Å². The van der Waals surface area contributed by atoms with Crippen molar-refractivity contribution in [3.8, 4) is 0 Å². The van der Waals surface area contributed by atoms with E-state index in [4.69, 9.17) is 14.2 Å². The van der Waals surface area contributed by atoms with Crippen LogP contribution in [0.5, 0.6) is 0 Å². The lowest BCUT2D eigenvalue weighted by molar-refractivity contribution is 0.123. The summed E-state index contributed by atoms with van der Waals surface area (Å²) in [4.78, 5) is 0. The molecule has 0 saturated heterocycles.